The van der Waals surface area contributed by atoms with Crippen LogP contribution in [0, 0.1) is 6.92 Å². The highest BCUT2D eigenvalue weighted by molar-refractivity contribution is 5.74. The maximum Gasteiger partial charge on any atom is 0.286 e. The zero-order chi connectivity index (χ0) is 20.7. The minimum Gasteiger partial charge on any atom is -0.257 e. The van der Waals surface area contributed by atoms with Gasteiger partial charge in [-0.3, -0.25) is 9.97 Å². The van der Waals surface area contributed by atoms with Gasteiger partial charge in [-0.05, 0) is 40.5 Å². The maximum atomic E-state index is 4.99. The van der Waals surface area contributed by atoms with Crippen LogP contribution in [0.5, 0.6) is 0 Å². The molecule has 0 radical (unpaired) electrons. The Morgan fingerprint density at radius 3 is 2.26 bits per heavy atom. The van der Waals surface area contributed by atoms with E-state index in [2.05, 4.69) is 67.1 Å². The SMILES string of the molecule is Cc1ccccc1-c1c2c(nc[n+]1C)C1c3cc4c(cc3C2c2nccnc21)=CCC=4. The van der Waals surface area contributed by atoms with Crippen molar-refractivity contribution in [1.29, 1.82) is 0 Å². The Balaban J connectivity index is 1.63. The van der Waals surface area contributed by atoms with Gasteiger partial charge in [0.05, 0.1) is 35.8 Å². The largest absolute Gasteiger partial charge is 0.286 e. The average molecular weight is 401 g/mol. The molecule has 2 atom stereocenters. The van der Waals surface area contributed by atoms with E-state index >= 15 is 0 Å². The standard InChI is InChI=1S/C27H21N4/c1-15-6-3-4-9-18(15)27-23-21-19-12-16-7-5-8-17(16)13-20(19)22(24(23)30-14-31(27)2)26-25(21)28-10-11-29-26/h3-4,6-14,21-22H,5H2,1-2H3/q+1. The summed E-state index contributed by atoms with van der Waals surface area (Å²) >= 11 is 0. The van der Waals surface area contributed by atoms with E-state index in [9.17, 15) is 0 Å². The first-order valence-electron chi connectivity index (χ1n) is 10.8. The Labute approximate surface area is 180 Å². The second-order valence-corrected chi connectivity index (χ2v) is 8.76. The minimum atomic E-state index is 0.0296. The van der Waals surface area contributed by atoms with Gasteiger partial charge in [-0.25, -0.2) is 4.57 Å². The van der Waals surface area contributed by atoms with Crippen LogP contribution in [0.3, 0.4) is 0 Å². The quantitative estimate of drug-likeness (QED) is 0.398. The Morgan fingerprint density at radius 2 is 1.52 bits per heavy atom. The first-order valence-corrected chi connectivity index (χ1v) is 10.8. The molecule has 2 aromatic heterocycles. The van der Waals surface area contributed by atoms with Gasteiger partial charge >= 0.3 is 0 Å². The highest BCUT2D eigenvalue weighted by Gasteiger charge is 2.49. The highest BCUT2D eigenvalue weighted by Crippen LogP contribution is 2.54. The molecule has 0 fully saturated rings. The van der Waals surface area contributed by atoms with Crippen molar-refractivity contribution in [1.82, 2.24) is 15.0 Å². The summed E-state index contributed by atoms with van der Waals surface area (Å²) in [6.07, 6.45) is 11.2. The second-order valence-electron chi connectivity index (χ2n) is 8.76. The van der Waals surface area contributed by atoms with Crippen LogP contribution < -0.4 is 15.0 Å². The van der Waals surface area contributed by atoms with Crippen molar-refractivity contribution >= 4 is 12.2 Å². The third kappa shape index (κ3) is 2.14. The number of rotatable bonds is 1. The molecule has 2 heterocycles. The molecular formula is C27H21N4+. The van der Waals surface area contributed by atoms with E-state index in [0.29, 0.717) is 0 Å². The highest BCUT2D eigenvalue weighted by atomic mass is 15.0. The molecule has 2 aromatic carbocycles. The first-order chi connectivity index (χ1) is 15.2. The van der Waals surface area contributed by atoms with Crippen LogP contribution in [0.2, 0.25) is 0 Å². The molecule has 148 valence electrons. The van der Waals surface area contributed by atoms with E-state index in [0.717, 1.165) is 23.5 Å². The summed E-state index contributed by atoms with van der Waals surface area (Å²) in [5, 5.41) is 2.67. The van der Waals surface area contributed by atoms with Crippen LogP contribution in [0.4, 0.5) is 0 Å². The number of aryl methyl sites for hydroxylation is 2. The van der Waals surface area contributed by atoms with Crippen LogP contribution in [0.25, 0.3) is 23.4 Å². The topological polar surface area (TPSA) is 42.5 Å². The van der Waals surface area contributed by atoms with Crippen molar-refractivity contribution in [3.05, 3.63) is 105 Å². The van der Waals surface area contributed by atoms with Crippen LogP contribution in [-0.4, -0.2) is 15.0 Å². The zero-order valence-electron chi connectivity index (χ0n) is 17.5. The van der Waals surface area contributed by atoms with Gasteiger partial charge in [0.2, 0.25) is 0 Å². The third-order valence-corrected chi connectivity index (χ3v) is 7.11. The van der Waals surface area contributed by atoms with E-state index in [1.54, 1.807) is 0 Å². The number of hydrogen-bond acceptors (Lipinski definition) is 3. The van der Waals surface area contributed by atoms with E-state index in [4.69, 9.17) is 15.0 Å². The van der Waals surface area contributed by atoms with Gasteiger partial charge in [-0.15, -0.1) is 0 Å². The summed E-state index contributed by atoms with van der Waals surface area (Å²) < 4.78 is 2.17. The normalized spacial score (nSPS) is 19.0. The first kappa shape index (κ1) is 17.1. The molecule has 0 saturated carbocycles. The lowest BCUT2D eigenvalue weighted by atomic mass is 9.65. The molecule has 0 saturated heterocycles. The molecule has 4 aliphatic rings. The molecule has 31 heavy (non-hydrogen) atoms. The minimum absolute atomic E-state index is 0.0296. The molecule has 4 nitrogen and oxygen atoms in total. The van der Waals surface area contributed by atoms with Crippen molar-refractivity contribution < 1.29 is 4.57 Å². The molecule has 0 spiro atoms. The third-order valence-electron chi connectivity index (χ3n) is 7.11. The molecule has 4 heteroatoms. The molecule has 0 amide bonds. The summed E-state index contributed by atoms with van der Waals surface area (Å²) in [7, 11) is 2.10. The number of benzene rings is 2. The van der Waals surface area contributed by atoms with Crippen molar-refractivity contribution in [2.24, 2.45) is 7.05 Å². The van der Waals surface area contributed by atoms with Crippen molar-refractivity contribution in [2.45, 2.75) is 25.2 Å². The molecule has 8 rings (SSSR count). The van der Waals surface area contributed by atoms with E-state index < -0.39 is 0 Å². The van der Waals surface area contributed by atoms with E-state index in [-0.39, 0.29) is 11.8 Å². The number of hydrogen-bond donors (Lipinski definition) is 0. The van der Waals surface area contributed by atoms with E-state index in [1.807, 2.05) is 18.7 Å². The van der Waals surface area contributed by atoms with Gasteiger partial charge in [0.1, 0.15) is 5.69 Å². The summed E-state index contributed by atoms with van der Waals surface area (Å²) in [4.78, 5) is 14.7. The Bertz CT molecular complexity index is 1550. The number of fused-ring (bicyclic) bond motifs is 1. The lowest BCUT2D eigenvalue weighted by Gasteiger charge is -2.38. The molecule has 2 bridgehead atoms. The molecular weight excluding hydrogens is 380 g/mol. The summed E-state index contributed by atoms with van der Waals surface area (Å²) in [5.41, 5.74) is 11.0. The molecule has 0 N–H and O–H groups in total. The van der Waals surface area contributed by atoms with Gasteiger partial charge in [-0.1, -0.05) is 53.5 Å². The smallest absolute Gasteiger partial charge is 0.257 e. The van der Waals surface area contributed by atoms with Crippen LogP contribution in [-0.2, 0) is 7.05 Å². The molecule has 2 unspecified atom stereocenters. The molecule has 0 aliphatic heterocycles. The zero-order valence-corrected chi connectivity index (χ0v) is 17.5. The Hall–Kier alpha value is -3.66. The predicted octanol–water partition coefficient (Wildman–Crippen LogP) is 2.62. The lowest BCUT2D eigenvalue weighted by Crippen LogP contribution is -2.41. The predicted molar refractivity (Wildman–Crippen MR) is 119 cm³/mol. The van der Waals surface area contributed by atoms with Gasteiger partial charge in [-0.2, -0.15) is 0 Å². The number of nitrogens with zero attached hydrogens (tertiary/aromatic N) is 4. The van der Waals surface area contributed by atoms with Crippen molar-refractivity contribution in [3.8, 4) is 11.3 Å². The van der Waals surface area contributed by atoms with Crippen molar-refractivity contribution in [3.63, 3.8) is 0 Å². The Morgan fingerprint density at radius 1 is 0.839 bits per heavy atom. The molecule has 4 aromatic rings. The Kier molecular flexibility index (Phi) is 3.27. The fourth-order valence-corrected chi connectivity index (χ4v) is 5.78. The maximum absolute atomic E-state index is 4.99. The van der Waals surface area contributed by atoms with Crippen LogP contribution in [0.1, 0.15) is 57.6 Å². The lowest BCUT2D eigenvalue weighted by molar-refractivity contribution is -0.664. The van der Waals surface area contributed by atoms with E-state index in [1.165, 1.54) is 43.9 Å². The van der Waals surface area contributed by atoms with Gasteiger partial charge in [0.25, 0.3) is 6.33 Å². The van der Waals surface area contributed by atoms with Crippen LogP contribution in [0.15, 0.2) is 55.1 Å². The number of aromatic nitrogens is 4. The fraction of sp³-hybridized carbons (Fsp3) is 0.185. The molecule has 4 aliphatic carbocycles. The van der Waals surface area contributed by atoms with Gasteiger partial charge < -0.3 is 0 Å². The van der Waals surface area contributed by atoms with Crippen molar-refractivity contribution in [2.75, 3.05) is 0 Å². The second kappa shape index (κ2) is 5.94. The summed E-state index contributed by atoms with van der Waals surface area (Å²) in [6, 6.07) is 13.4. The average Bonchev–Trinajstić information content (AvgIpc) is 3.25. The summed E-state index contributed by atoms with van der Waals surface area (Å²) in [5.74, 6) is 0.0782. The monoisotopic (exact) mass is 401 g/mol. The summed E-state index contributed by atoms with van der Waals surface area (Å²) in [6.45, 7) is 2.18. The van der Waals surface area contributed by atoms with Gasteiger partial charge in [0.15, 0.2) is 5.69 Å². The van der Waals surface area contributed by atoms with Gasteiger partial charge in [0, 0.05) is 18.0 Å². The van der Waals surface area contributed by atoms with Crippen LogP contribution >= 0.6 is 0 Å². The fourth-order valence-electron chi connectivity index (χ4n) is 5.78.